The molecule has 1 saturated heterocycles. The highest BCUT2D eigenvalue weighted by Crippen LogP contribution is 2.31. The van der Waals surface area contributed by atoms with Gasteiger partial charge in [-0.1, -0.05) is 6.07 Å². The molecule has 4 N–H and O–H groups in total. The Morgan fingerprint density at radius 2 is 1.89 bits per heavy atom. The van der Waals surface area contributed by atoms with Crippen molar-refractivity contribution in [2.75, 3.05) is 18.0 Å². The van der Waals surface area contributed by atoms with Gasteiger partial charge in [-0.15, -0.1) is 0 Å². The Bertz CT molecular complexity index is 424. The third kappa shape index (κ3) is 3.19. The Kier molecular flexibility index (Phi) is 4.32. The van der Waals surface area contributed by atoms with Crippen LogP contribution >= 0.6 is 0 Å². The van der Waals surface area contributed by atoms with E-state index in [1.54, 1.807) is 6.07 Å². The molecule has 1 aliphatic rings. The summed E-state index contributed by atoms with van der Waals surface area (Å²) in [6.45, 7) is 5.57. The number of piperidine rings is 1. The first-order valence-corrected chi connectivity index (χ1v) is 7.00. The second-order valence-electron chi connectivity index (χ2n) is 5.60. The third-order valence-electron chi connectivity index (χ3n) is 4.09. The Labute approximate surface area is 114 Å². The fraction of sp³-hybridized carbons (Fsp3) is 0.600. The first-order valence-electron chi connectivity index (χ1n) is 7.00. The van der Waals surface area contributed by atoms with Crippen molar-refractivity contribution in [3.63, 3.8) is 0 Å². The van der Waals surface area contributed by atoms with E-state index in [9.17, 15) is 10.2 Å². The summed E-state index contributed by atoms with van der Waals surface area (Å²) in [7, 11) is 0. The van der Waals surface area contributed by atoms with E-state index < -0.39 is 0 Å². The maximum absolute atomic E-state index is 9.99. The summed E-state index contributed by atoms with van der Waals surface area (Å²) in [6, 6.07) is 5.55. The number of nitrogens with zero attached hydrogens (tertiary/aromatic N) is 1. The lowest BCUT2D eigenvalue weighted by Gasteiger charge is -2.35. The molecule has 0 bridgehead atoms. The molecule has 2 atom stereocenters. The Morgan fingerprint density at radius 1 is 1.26 bits per heavy atom. The number of aromatic hydroxyl groups is 1. The fourth-order valence-corrected chi connectivity index (χ4v) is 2.75. The zero-order chi connectivity index (χ0) is 14.0. The van der Waals surface area contributed by atoms with E-state index in [4.69, 9.17) is 5.73 Å². The van der Waals surface area contributed by atoms with Crippen LogP contribution in [-0.2, 0) is 0 Å². The summed E-state index contributed by atoms with van der Waals surface area (Å²) in [5.41, 5.74) is 7.61. The number of nitrogens with two attached hydrogens (primary N) is 1. The minimum Gasteiger partial charge on any atom is -0.508 e. The SMILES string of the molecule is CC(N)c1ccc(N2CCC(C(C)O)CC2)cc1O. The average molecular weight is 264 g/mol. The number of aliphatic hydroxyl groups is 1. The monoisotopic (exact) mass is 264 g/mol. The van der Waals surface area contributed by atoms with Crippen molar-refractivity contribution in [3.05, 3.63) is 23.8 Å². The number of phenols is 1. The van der Waals surface area contributed by atoms with E-state index in [1.807, 2.05) is 26.0 Å². The highest BCUT2D eigenvalue weighted by Gasteiger charge is 2.23. The zero-order valence-electron chi connectivity index (χ0n) is 11.7. The molecule has 0 saturated carbocycles. The molecular formula is C15H24N2O2. The van der Waals surface area contributed by atoms with Crippen LogP contribution in [0, 0.1) is 5.92 Å². The molecule has 2 rings (SSSR count). The van der Waals surface area contributed by atoms with Gasteiger partial charge in [-0.3, -0.25) is 0 Å². The van der Waals surface area contributed by atoms with Gasteiger partial charge >= 0.3 is 0 Å². The number of hydrogen-bond donors (Lipinski definition) is 3. The quantitative estimate of drug-likeness (QED) is 0.781. The van der Waals surface area contributed by atoms with E-state index in [2.05, 4.69) is 4.90 Å². The number of hydrogen-bond acceptors (Lipinski definition) is 4. The largest absolute Gasteiger partial charge is 0.508 e. The van der Waals surface area contributed by atoms with Gasteiger partial charge in [0.25, 0.3) is 0 Å². The molecule has 0 aliphatic carbocycles. The van der Waals surface area contributed by atoms with Crippen LogP contribution in [0.25, 0.3) is 0 Å². The van der Waals surface area contributed by atoms with E-state index >= 15 is 0 Å². The molecular weight excluding hydrogens is 240 g/mol. The molecule has 19 heavy (non-hydrogen) atoms. The lowest BCUT2D eigenvalue weighted by atomic mass is 9.92. The van der Waals surface area contributed by atoms with Gasteiger partial charge in [0.15, 0.2) is 0 Å². The van der Waals surface area contributed by atoms with Crippen LogP contribution in [0.2, 0.25) is 0 Å². The smallest absolute Gasteiger partial charge is 0.122 e. The molecule has 0 radical (unpaired) electrons. The lowest BCUT2D eigenvalue weighted by molar-refractivity contribution is 0.110. The van der Waals surface area contributed by atoms with Gasteiger partial charge in [0, 0.05) is 36.4 Å². The summed E-state index contributed by atoms with van der Waals surface area (Å²) >= 11 is 0. The van der Waals surface area contributed by atoms with Crippen molar-refractivity contribution in [2.45, 2.75) is 38.8 Å². The molecule has 4 nitrogen and oxygen atoms in total. The van der Waals surface area contributed by atoms with Gasteiger partial charge < -0.3 is 20.8 Å². The summed E-state index contributed by atoms with van der Waals surface area (Å²) in [5, 5.41) is 19.6. The van der Waals surface area contributed by atoms with Crippen molar-refractivity contribution in [2.24, 2.45) is 11.7 Å². The number of benzene rings is 1. The van der Waals surface area contributed by atoms with Crippen LogP contribution in [0.1, 0.15) is 38.3 Å². The molecule has 1 aromatic rings. The minimum atomic E-state index is -0.226. The Morgan fingerprint density at radius 3 is 2.37 bits per heavy atom. The number of anilines is 1. The molecule has 1 aliphatic heterocycles. The molecule has 1 aromatic carbocycles. The third-order valence-corrected chi connectivity index (χ3v) is 4.09. The highest BCUT2D eigenvalue weighted by molar-refractivity contribution is 5.54. The first kappa shape index (κ1) is 14.2. The van der Waals surface area contributed by atoms with Crippen LogP contribution < -0.4 is 10.6 Å². The van der Waals surface area contributed by atoms with E-state index in [0.717, 1.165) is 37.2 Å². The Hall–Kier alpha value is -1.26. The van der Waals surface area contributed by atoms with Crippen molar-refractivity contribution in [1.29, 1.82) is 0 Å². The van der Waals surface area contributed by atoms with Crippen LogP contribution in [0.15, 0.2) is 18.2 Å². The second-order valence-corrected chi connectivity index (χ2v) is 5.60. The maximum Gasteiger partial charge on any atom is 0.122 e. The van der Waals surface area contributed by atoms with E-state index in [0.29, 0.717) is 5.92 Å². The average Bonchev–Trinajstić information content (AvgIpc) is 2.38. The Balaban J connectivity index is 2.06. The van der Waals surface area contributed by atoms with Crippen molar-refractivity contribution >= 4 is 5.69 Å². The van der Waals surface area contributed by atoms with Gasteiger partial charge in [0.1, 0.15) is 5.75 Å². The highest BCUT2D eigenvalue weighted by atomic mass is 16.3. The maximum atomic E-state index is 9.99. The topological polar surface area (TPSA) is 69.7 Å². The molecule has 0 amide bonds. The molecule has 1 heterocycles. The van der Waals surface area contributed by atoms with Gasteiger partial charge in [0.05, 0.1) is 6.10 Å². The van der Waals surface area contributed by atoms with Gasteiger partial charge in [-0.2, -0.15) is 0 Å². The van der Waals surface area contributed by atoms with Crippen molar-refractivity contribution in [3.8, 4) is 5.75 Å². The summed E-state index contributed by atoms with van der Waals surface area (Å²) in [6.07, 6.45) is 1.76. The van der Waals surface area contributed by atoms with Crippen LogP contribution in [-0.4, -0.2) is 29.4 Å². The molecule has 1 fully saturated rings. The van der Waals surface area contributed by atoms with Crippen molar-refractivity contribution < 1.29 is 10.2 Å². The fourth-order valence-electron chi connectivity index (χ4n) is 2.75. The van der Waals surface area contributed by atoms with Crippen LogP contribution in [0.5, 0.6) is 5.75 Å². The van der Waals surface area contributed by atoms with Crippen LogP contribution in [0.3, 0.4) is 0 Å². The lowest BCUT2D eigenvalue weighted by Crippen LogP contribution is -2.37. The number of aliphatic hydroxyl groups excluding tert-OH is 1. The zero-order valence-corrected chi connectivity index (χ0v) is 11.7. The van der Waals surface area contributed by atoms with Crippen LogP contribution in [0.4, 0.5) is 5.69 Å². The van der Waals surface area contributed by atoms with E-state index in [-0.39, 0.29) is 17.9 Å². The normalized spacial score (nSPS) is 20.3. The summed E-state index contributed by atoms with van der Waals surface area (Å²) in [4.78, 5) is 2.25. The van der Waals surface area contributed by atoms with Gasteiger partial charge in [-0.25, -0.2) is 0 Å². The molecule has 106 valence electrons. The predicted octanol–water partition coefficient (Wildman–Crippen LogP) is 2.01. The molecule has 2 unspecified atom stereocenters. The summed E-state index contributed by atoms with van der Waals surface area (Å²) in [5.74, 6) is 0.665. The second kappa shape index (κ2) is 5.80. The predicted molar refractivity (Wildman–Crippen MR) is 77.3 cm³/mol. The van der Waals surface area contributed by atoms with E-state index in [1.165, 1.54) is 0 Å². The van der Waals surface area contributed by atoms with Gasteiger partial charge in [0.2, 0.25) is 0 Å². The first-order chi connectivity index (χ1) is 8.99. The molecule has 0 aromatic heterocycles. The number of rotatable bonds is 3. The van der Waals surface area contributed by atoms with Gasteiger partial charge in [-0.05, 0) is 38.7 Å². The minimum absolute atomic E-state index is 0.157. The van der Waals surface area contributed by atoms with Crippen molar-refractivity contribution in [1.82, 2.24) is 0 Å². The molecule has 4 heteroatoms. The number of phenolic OH excluding ortho intramolecular Hbond substituents is 1. The molecule has 0 spiro atoms. The standard InChI is InChI=1S/C15H24N2O2/c1-10(16)14-4-3-13(9-15(14)19)17-7-5-12(6-8-17)11(2)18/h3-4,9-12,18-19H,5-8,16H2,1-2H3. The summed E-state index contributed by atoms with van der Waals surface area (Å²) < 4.78 is 0.